The first kappa shape index (κ1) is 20.9. The van der Waals surface area contributed by atoms with E-state index in [1.165, 1.54) is 31.4 Å². The van der Waals surface area contributed by atoms with Gasteiger partial charge in [-0.3, -0.25) is 4.79 Å². The van der Waals surface area contributed by atoms with Crippen LogP contribution in [0.5, 0.6) is 0 Å². The minimum atomic E-state index is -3.59. The van der Waals surface area contributed by atoms with Gasteiger partial charge in [0, 0.05) is 25.2 Å². The van der Waals surface area contributed by atoms with E-state index in [1.807, 2.05) is 0 Å². The van der Waals surface area contributed by atoms with Crippen LogP contribution in [0.25, 0.3) is 0 Å². The zero-order valence-corrected chi connectivity index (χ0v) is 15.3. The van der Waals surface area contributed by atoms with Gasteiger partial charge in [0.05, 0.1) is 4.90 Å². The number of anilines is 1. The number of benzene rings is 1. The van der Waals surface area contributed by atoms with Crippen molar-refractivity contribution in [2.75, 3.05) is 18.4 Å². The number of amides is 1. The largest absolute Gasteiger partial charge is 0.329 e. The van der Waals surface area contributed by atoms with Crippen molar-refractivity contribution in [1.29, 1.82) is 0 Å². The quantitative estimate of drug-likeness (QED) is 0.680. The molecule has 1 saturated carbocycles. The molecule has 1 amide bonds. The van der Waals surface area contributed by atoms with Gasteiger partial charge in [0.1, 0.15) is 0 Å². The van der Waals surface area contributed by atoms with Gasteiger partial charge >= 0.3 is 0 Å². The molecule has 2 rings (SSSR count). The van der Waals surface area contributed by atoms with Crippen LogP contribution in [0.2, 0.25) is 0 Å². The van der Waals surface area contributed by atoms with Gasteiger partial charge in [-0.1, -0.05) is 25.3 Å². The van der Waals surface area contributed by atoms with Gasteiger partial charge in [-0.05, 0) is 37.0 Å². The third-order valence-corrected chi connectivity index (χ3v) is 5.52. The first-order chi connectivity index (χ1) is 11.0. The predicted octanol–water partition coefficient (Wildman–Crippen LogP) is 2.25. The molecule has 0 heterocycles. The molecule has 0 radical (unpaired) electrons. The highest BCUT2D eigenvalue weighted by Crippen LogP contribution is 2.26. The molecule has 136 valence electrons. The average Bonchev–Trinajstić information content (AvgIpc) is 2.54. The van der Waals surface area contributed by atoms with E-state index < -0.39 is 10.0 Å². The van der Waals surface area contributed by atoms with Crippen molar-refractivity contribution in [2.45, 2.75) is 43.4 Å². The van der Waals surface area contributed by atoms with Crippen molar-refractivity contribution in [3.8, 4) is 0 Å². The number of carbonyl (C=O) groups is 1. The summed E-state index contributed by atoms with van der Waals surface area (Å²) in [6, 6.07) is 6.28. The number of nitrogens with one attached hydrogen (secondary N) is 2. The summed E-state index contributed by atoms with van der Waals surface area (Å²) in [6.07, 6.45) is 6.35. The Morgan fingerprint density at radius 3 is 2.58 bits per heavy atom. The zero-order valence-electron chi connectivity index (χ0n) is 13.7. The Labute approximate surface area is 150 Å². The summed E-state index contributed by atoms with van der Waals surface area (Å²) >= 11 is 0. The SMILES string of the molecule is Cl.NCCNS(=O)(=O)c1cccc(NC(=O)CC2CCCCC2)c1. The lowest BCUT2D eigenvalue weighted by molar-refractivity contribution is -0.117. The van der Waals surface area contributed by atoms with Gasteiger partial charge in [0.2, 0.25) is 15.9 Å². The Bertz CT molecular complexity index is 631. The minimum absolute atomic E-state index is 0. The lowest BCUT2D eigenvalue weighted by Crippen LogP contribution is -2.29. The fraction of sp³-hybridized carbons (Fsp3) is 0.562. The highest BCUT2D eigenvalue weighted by Gasteiger charge is 2.18. The Morgan fingerprint density at radius 2 is 1.92 bits per heavy atom. The summed E-state index contributed by atoms with van der Waals surface area (Å²) in [7, 11) is -3.59. The van der Waals surface area contributed by atoms with Gasteiger partial charge < -0.3 is 11.1 Å². The molecule has 0 bridgehead atoms. The van der Waals surface area contributed by atoms with Gasteiger partial charge in [-0.2, -0.15) is 0 Å². The van der Waals surface area contributed by atoms with Crippen LogP contribution in [0.3, 0.4) is 0 Å². The van der Waals surface area contributed by atoms with Crippen LogP contribution < -0.4 is 15.8 Å². The Morgan fingerprint density at radius 1 is 1.21 bits per heavy atom. The number of hydrogen-bond acceptors (Lipinski definition) is 4. The summed E-state index contributed by atoms with van der Waals surface area (Å²) < 4.78 is 26.5. The minimum Gasteiger partial charge on any atom is -0.329 e. The van der Waals surface area contributed by atoms with E-state index in [1.54, 1.807) is 12.1 Å². The average molecular weight is 376 g/mol. The van der Waals surface area contributed by atoms with Crippen molar-refractivity contribution in [3.63, 3.8) is 0 Å². The summed E-state index contributed by atoms with van der Waals surface area (Å²) in [5.74, 6) is 0.392. The Hall–Kier alpha value is -1.15. The lowest BCUT2D eigenvalue weighted by Gasteiger charge is -2.20. The molecule has 1 aromatic carbocycles. The number of hydrogen-bond donors (Lipinski definition) is 3. The van der Waals surface area contributed by atoms with Crippen molar-refractivity contribution in [3.05, 3.63) is 24.3 Å². The van der Waals surface area contributed by atoms with Gasteiger partial charge in [0.25, 0.3) is 0 Å². The maximum atomic E-state index is 12.1. The van der Waals surface area contributed by atoms with Crippen LogP contribution in [0, 0.1) is 5.92 Å². The lowest BCUT2D eigenvalue weighted by atomic mass is 9.87. The second-order valence-electron chi connectivity index (χ2n) is 5.97. The van der Waals surface area contributed by atoms with Crippen molar-refractivity contribution in [1.82, 2.24) is 4.72 Å². The van der Waals surface area contributed by atoms with E-state index in [0.29, 0.717) is 18.0 Å². The summed E-state index contributed by atoms with van der Waals surface area (Å²) in [5, 5.41) is 2.80. The van der Waals surface area contributed by atoms with Gasteiger partial charge in [-0.25, -0.2) is 13.1 Å². The van der Waals surface area contributed by atoms with Crippen molar-refractivity contribution < 1.29 is 13.2 Å². The monoisotopic (exact) mass is 375 g/mol. The molecule has 1 fully saturated rings. The van der Waals surface area contributed by atoms with Crippen LogP contribution in [-0.4, -0.2) is 27.4 Å². The summed E-state index contributed by atoms with van der Waals surface area (Å²) in [6.45, 7) is 0.414. The molecule has 4 N–H and O–H groups in total. The molecular weight excluding hydrogens is 350 g/mol. The van der Waals surface area contributed by atoms with Crippen LogP contribution in [-0.2, 0) is 14.8 Å². The molecular formula is C16H26ClN3O3S. The topological polar surface area (TPSA) is 101 Å². The fourth-order valence-electron chi connectivity index (χ4n) is 2.88. The zero-order chi connectivity index (χ0) is 16.7. The third-order valence-electron chi connectivity index (χ3n) is 4.06. The number of carbonyl (C=O) groups excluding carboxylic acids is 1. The molecule has 0 unspecified atom stereocenters. The first-order valence-electron chi connectivity index (χ1n) is 8.11. The molecule has 0 aromatic heterocycles. The van der Waals surface area contributed by atoms with E-state index in [4.69, 9.17) is 5.73 Å². The molecule has 8 heteroatoms. The molecule has 6 nitrogen and oxygen atoms in total. The van der Waals surface area contributed by atoms with E-state index in [9.17, 15) is 13.2 Å². The normalized spacial score (nSPS) is 15.5. The second-order valence-corrected chi connectivity index (χ2v) is 7.74. The maximum absolute atomic E-state index is 12.1. The van der Waals surface area contributed by atoms with Crippen LogP contribution in [0.4, 0.5) is 5.69 Å². The number of rotatable bonds is 7. The van der Waals surface area contributed by atoms with Crippen LogP contribution >= 0.6 is 12.4 Å². The summed E-state index contributed by atoms with van der Waals surface area (Å²) in [4.78, 5) is 12.2. The number of halogens is 1. The molecule has 0 spiro atoms. The van der Waals surface area contributed by atoms with E-state index in [0.717, 1.165) is 12.8 Å². The fourth-order valence-corrected chi connectivity index (χ4v) is 3.98. The van der Waals surface area contributed by atoms with E-state index in [-0.39, 0.29) is 36.3 Å². The highest BCUT2D eigenvalue weighted by atomic mass is 35.5. The van der Waals surface area contributed by atoms with E-state index >= 15 is 0 Å². The highest BCUT2D eigenvalue weighted by molar-refractivity contribution is 7.89. The molecule has 0 atom stereocenters. The Kier molecular flexibility index (Phi) is 8.69. The third kappa shape index (κ3) is 6.39. The molecule has 0 aliphatic heterocycles. The van der Waals surface area contributed by atoms with Crippen molar-refractivity contribution >= 4 is 34.0 Å². The van der Waals surface area contributed by atoms with Crippen molar-refractivity contribution in [2.24, 2.45) is 11.7 Å². The molecule has 1 aliphatic carbocycles. The first-order valence-corrected chi connectivity index (χ1v) is 9.59. The molecule has 1 aliphatic rings. The Balaban J connectivity index is 0.00000288. The van der Waals surface area contributed by atoms with Crippen LogP contribution in [0.1, 0.15) is 38.5 Å². The van der Waals surface area contributed by atoms with Gasteiger partial charge in [-0.15, -0.1) is 12.4 Å². The number of sulfonamides is 1. The molecule has 0 saturated heterocycles. The second kappa shape index (κ2) is 9.98. The molecule has 1 aromatic rings. The standard InChI is InChI=1S/C16H25N3O3S.ClH/c17-9-10-18-23(21,22)15-8-4-7-14(12-15)19-16(20)11-13-5-2-1-3-6-13;/h4,7-8,12-13,18H,1-3,5-6,9-11,17H2,(H,19,20);1H. The maximum Gasteiger partial charge on any atom is 0.240 e. The van der Waals surface area contributed by atoms with Gasteiger partial charge in [0.15, 0.2) is 0 Å². The number of nitrogens with two attached hydrogens (primary N) is 1. The molecule has 24 heavy (non-hydrogen) atoms. The summed E-state index contributed by atoms with van der Waals surface area (Å²) in [5.41, 5.74) is 5.82. The predicted molar refractivity (Wildman–Crippen MR) is 97.8 cm³/mol. The smallest absolute Gasteiger partial charge is 0.240 e. The van der Waals surface area contributed by atoms with E-state index in [2.05, 4.69) is 10.0 Å². The van der Waals surface area contributed by atoms with Crippen LogP contribution in [0.15, 0.2) is 29.2 Å².